The summed E-state index contributed by atoms with van der Waals surface area (Å²) in [4.78, 5) is 12.3. The number of carbonyl (C=O) groups is 1. The SMILES string of the molecule is Cc1nn(-c2ccc(C(=O)NCC3=CCNCC3)cc2)c(C)c1Br.Cl. The fraction of sp³-hybridized carbons (Fsp3) is 0.333. The van der Waals surface area contributed by atoms with Crippen molar-refractivity contribution in [3.63, 3.8) is 0 Å². The second-order valence-corrected chi connectivity index (χ2v) is 6.74. The van der Waals surface area contributed by atoms with Gasteiger partial charge in [0.25, 0.3) is 5.91 Å². The quantitative estimate of drug-likeness (QED) is 0.739. The summed E-state index contributed by atoms with van der Waals surface area (Å²) >= 11 is 3.54. The van der Waals surface area contributed by atoms with Crippen LogP contribution in [0, 0.1) is 13.8 Å². The highest BCUT2D eigenvalue weighted by Crippen LogP contribution is 2.23. The van der Waals surface area contributed by atoms with E-state index in [-0.39, 0.29) is 18.3 Å². The summed E-state index contributed by atoms with van der Waals surface area (Å²) in [5.41, 5.74) is 4.88. The second kappa shape index (κ2) is 8.65. The van der Waals surface area contributed by atoms with Gasteiger partial charge in [-0.2, -0.15) is 5.10 Å². The predicted molar refractivity (Wildman–Crippen MR) is 106 cm³/mol. The first-order valence-corrected chi connectivity index (χ1v) is 8.84. The van der Waals surface area contributed by atoms with Crippen LogP contribution in [0.1, 0.15) is 28.2 Å². The molecule has 1 amide bonds. The molecule has 0 spiro atoms. The van der Waals surface area contributed by atoms with Gasteiger partial charge in [0.15, 0.2) is 0 Å². The van der Waals surface area contributed by atoms with E-state index in [1.165, 1.54) is 5.57 Å². The minimum absolute atomic E-state index is 0. The van der Waals surface area contributed by atoms with E-state index >= 15 is 0 Å². The third kappa shape index (κ3) is 4.51. The van der Waals surface area contributed by atoms with Crippen LogP contribution in [0.2, 0.25) is 0 Å². The van der Waals surface area contributed by atoms with Crippen LogP contribution >= 0.6 is 28.3 Å². The Labute approximate surface area is 162 Å². The summed E-state index contributed by atoms with van der Waals surface area (Å²) in [6.07, 6.45) is 3.14. The van der Waals surface area contributed by atoms with Crippen molar-refractivity contribution in [2.45, 2.75) is 20.3 Å². The van der Waals surface area contributed by atoms with E-state index < -0.39 is 0 Å². The molecule has 25 heavy (non-hydrogen) atoms. The molecular weight excluding hydrogens is 404 g/mol. The van der Waals surface area contributed by atoms with E-state index in [1.807, 2.05) is 42.8 Å². The van der Waals surface area contributed by atoms with Crippen molar-refractivity contribution >= 4 is 34.2 Å². The normalized spacial score (nSPS) is 13.8. The molecule has 3 rings (SSSR count). The molecule has 1 aliphatic rings. The summed E-state index contributed by atoms with van der Waals surface area (Å²) in [6, 6.07) is 7.52. The Morgan fingerprint density at radius 3 is 2.60 bits per heavy atom. The average Bonchev–Trinajstić information content (AvgIpc) is 2.88. The lowest BCUT2D eigenvalue weighted by Gasteiger charge is -2.14. The fourth-order valence-electron chi connectivity index (χ4n) is 2.76. The minimum Gasteiger partial charge on any atom is -0.348 e. The first-order valence-electron chi connectivity index (χ1n) is 8.05. The highest BCUT2D eigenvalue weighted by atomic mass is 79.9. The zero-order chi connectivity index (χ0) is 17.1. The van der Waals surface area contributed by atoms with Crippen molar-refractivity contribution in [2.24, 2.45) is 0 Å². The maximum absolute atomic E-state index is 12.3. The number of rotatable bonds is 4. The highest BCUT2D eigenvalue weighted by Gasteiger charge is 2.12. The van der Waals surface area contributed by atoms with Crippen LogP contribution in [-0.4, -0.2) is 35.3 Å². The van der Waals surface area contributed by atoms with Crippen LogP contribution in [-0.2, 0) is 0 Å². The molecule has 1 aliphatic heterocycles. The van der Waals surface area contributed by atoms with Gasteiger partial charge in [0.1, 0.15) is 0 Å². The number of carbonyl (C=O) groups excluding carboxylic acids is 1. The molecule has 0 radical (unpaired) electrons. The van der Waals surface area contributed by atoms with Gasteiger partial charge in [-0.1, -0.05) is 11.6 Å². The molecule has 2 heterocycles. The van der Waals surface area contributed by atoms with Crippen molar-refractivity contribution < 1.29 is 4.79 Å². The minimum atomic E-state index is -0.0458. The average molecular weight is 426 g/mol. The fourth-order valence-corrected chi connectivity index (χ4v) is 3.00. The first kappa shape index (κ1) is 19.7. The van der Waals surface area contributed by atoms with Gasteiger partial charge in [-0.25, -0.2) is 4.68 Å². The summed E-state index contributed by atoms with van der Waals surface area (Å²) in [7, 11) is 0. The number of hydrogen-bond acceptors (Lipinski definition) is 3. The molecule has 134 valence electrons. The van der Waals surface area contributed by atoms with E-state index in [4.69, 9.17) is 0 Å². The summed E-state index contributed by atoms with van der Waals surface area (Å²) in [5, 5.41) is 10.8. The van der Waals surface area contributed by atoms with Crippen molar-refractivity contribution in [3.8, 4) is 5.69 Å². The Balaban J connectivity index is 0.00000225. The van der Waals surface area contributed by atoms with Gasteiger partial charge in [0.2, 0.25) is 0 Å². The third-order valence-corrected chi connectivity index (χ3v) is 5.36. The molecule has 2 N–H and O–H groups in total. The molecule has 0 saturated heterocycles. The third-order valence-electron chi connectivity index (χ3n) is 4.21. The number of halogens is 2. The topological polar surface area (TPSA) is 59.0 Å². The van der Waals surface area contributed by atoms with Gasteiger partial charge in [-0.3, -0.25) is 4.79 Å². The Bertz CT molecular complexity index is 783. The van der Waals surface area contributed by atoms with Crippen LogP contribution in [0.3, 0.4) is 0 Å². The van der Waals surface area contributed by atoms with E-state index in [0.29, 0.717) is 12.1 Å². The lowest BCUT2D eigenvalue weighted by Crippen LogP contribution is -2.29. The maximum atomic E-state index is 12.3. The van der Waals surface area contributed by atoms with Crippen LogP contribution in [0.4, 0.5) is 0 Å². The summed E-state index contributed by atoms with van der Waals surface area (Å²) in [5.74, 6) is -0.0458. The van der Waals surface area contributed by atoms with Crippen LogP contribution in [0.25, 0.3) is 5.69 Å². The Hall–Kier alpha value is -1.63. The van der Waals surface area contributed by atoms with Gasteiger partial charge in [0.05, 0.1) is 21.5 Å². The molecule has 1 aromatic heterocycles. The smallest absolute Gasteiger partial charge is 0.251 e. The van der Waals surface area contributed by atoms with E-state index in [2.05, 4.69) is 37.7 Å². The Morgan fingerprint density at radius 2 is 2.04 bits per heavy atom. The lowest BCUT2D eigenvalue weighted by molar-refractivity contribution is 0.0956. The molecule has 1 aromatic carbocycles. The standard InChI is InChI=1S/C18H21BrN4O.ClH/c1-12-17(19)13(2)23(22-12)16-5-3-15(4-6-16)18(24)21-11-14-7-9-20-10-8-14;/h3-7,20H,8-11H2,1-2H3,(H,21,24);1H. The Kier molecular flexibility index (Phi) is 6.81. The molecular formula is C18H22BrClN4O. The zero-order valence-electron chi connectivity index (χ0n) is 14.3. The molecule has 7 heteroatoms. The zero-order valence-corrected chi connectivity index (χ0v) is 16.7. The molecule has 0 saturated carbocycles. The first-order chi connectivity index (χ1) is 11.6. The number of aromatic nitrogens is 2. The second-order valence-electron chi connectivity index (χ2n) is 5.94. The monoisotopic (exact) mass is 424 g/mol. The van der Waals surface area contributed by atoms with Crippen LogP contribution in [0.15, 0.2) is 40.4 Å². The molecule has 0 fully saturated rings. The van der Waals surface area contributed by atoms with Crippen LogP contribution < -0.4 is 10.6 Å². The Morgan fingerprint density at radius 1 is 1.32 bits per heavy atom. The number of amides is 1. The number of nitrogens with one attached hydrogen (secondary N) is 2. The van der Waals surface area contributed by atoms with Gasteiger partial charge in [0, 0.05) is 18.7 Å². The van der Waals surface area contributed by atoms with Crippen molar-refractivity contribution in [1.29, 1.82) is 0 Å². The molecule has 5 nitrogen and oxygen atoms in total. The summed E-state index contributed by atoms with van der Waals surface area (Å²) in [6.45, 7) is 6.46. The lowest BCUT2D eigenvalue weighted by atomic mass is 10.1. The van der Waals surface area contributed by atoms with Crippen molar-refractivity contribution in [1.82, 2.24) is 20.4 Å². The number of benzene rings is 1. The van der Waals surface area contributed by atoms with Gasteiger partial charge in [-0.05, 0) is 67.0 Å². The molecule has 2 aromatic rings. The predicted octanol–water partition coefficient (Wildman–Crippen LogP) is 3.32. The molecule has 0 aliphatic carbocycles. The molecule has 0 bridgehead atoms. The van der Waals surface area contributed by atoms with Gasteiger partial charge in [-0.15, -0.1) is 12.4 Å². The van der Waals surface area contributed by atoms with Crippen LogP contribution in [0.5, 0.6) is 0 Å². The number of hydrogen-bond donors (Lipinski definition) is 2. The highest BCUT2D eigenvalue weighted by molar-refractivity contribution is 9.10. The van der Waals surface area contributed by atoms with Crippen molar-refractivity contribution in [2.75, 3.05) is 19.6 Å². The number of aryl methyl sites for hydroxylation is 1. The van der Waals surface area contributed by atoms with Gasteiger partial charge >= 0.3 is 0 Å². The largest absolute Gasteiger partial charge is 0.348 e. The maximum Gasteiger partial charge on any atom is 0.251 e. The van der Waals surface area contributed by atoms with Gasteiger partial charge < -0.3 is 10.6 Å². The van der Waals surface area contributed by atoms with E-state index in [0.717, 1.165) is 41.1 Å². The molecule has 0 atom stereocenters. The molecule has 0 unspecified atom stereocenters. The number of nitrogens with zero attached hydrogens (tertiary/aromatic N) is 2. The summed E-state index contributed by atoms with van der Waals surface area (Å²) < 4.78 is 2.89. The van der Waals surface area contributed by atoms with E-state index in [9.17, 15) is 4.79 Å². The van der Waals surface area contributed by atoms with Crippen molar-refractivity contribution in [3.05, 3.63) is 57.3 Å². The van der Waals surface area contributed by atoms with E-state index in [1.54, 1.807) is 0 Å².